The van der Waals surface area contributed by atoms with Crippen LogP contribution in [0.2, 0.25) is 0 Å². The number of nitrogen functional groups attached to an aromatic ring is 1. The third-order valence-corrected chi connectivity index (χ3v) is 3.50. The number of alkyl halides is 3. The highest BCUT2D eigenvalue weighted by Crippen LogP contribution is 2.29. The zero-order valence-corrected chi connectivity index (χ0v) is 13.3. The number of hydrogen-bond donors (Lipinski definition) is 4. The first-order valence-electron chi connectivity index (χ1n) is 7.47. The number of benzene rings is 2. The topological polar surface area (TPSA) is 95.8 Å². The number of halogens is 3. The molecule has 134 valence electrons. The third-order valence-electron chi connectivity index (χ3n) is 3.50. The molecular formula is C17H14F3N5O. The van der Waals surface area contributed by atoms with Crippen molar-refractivity contribution in [2.75, 3.05) is 16.4 Å². The van der Waals surface area contributed by atoms with Crippen LogP contribution in [0.25, 0.3) is 11.3 Å². The van der Waals surface area contributed by atoms with E-state index in [-0.39, 0.29) is 11.6 Å². The molecule has 3 aromatic rings. The summed E-state index contributed by atoms with van der Waals surface area (Å²) < 4.78 is 37.6. The van der Waals surface area contributed by atoms with E-state index in [4.69, 9.17) is 5.73 Å². The Morgan fingerprint density at radius 3 is 2.35 bits per heavy atom. The summed E-state index contributed by atoms with van der Waals surface area (Å²) in [6.07, 6.45) is -2.85. The quantitative estimate of drug-likeness (QED) is 0.559. The molecule has 0 saturated carbocycles. The molecule has 0 aliphatic carbocycles. The van der Waals surface area contributed by atoms with Gasteiger partial charge >= 0.3 is 12.2 Å². The van der Waals surface area contributed by atoms with Gasteiger partial charge in [0.25, 0.3) is 0 Å². The van der Waals surface area contributed by atoms with Crippen molar-refractivity contribution in [1.29, 1.82) is 0 Å². The molecule has 1 heterocycles. The minimum absolute atomic E-state index is 0.244. The number of nitrogens with zero attached hydrogens (tertiary/aromatic N) is 1. The van der Waals surface area contributed by atoms with E-state index in [1.165, 1.54) is 12.1 Å². The molecule has 5 N–H and O–H groups in total. The maximum atomic E-state index is 12.5. The monoisotopic (exact) mass is 361 g/mol. The summed E-state index contributed by atoms with van der Waals surface area (Å²) in [5.41, 5.74) is 6.96. The number of amides is 2. The lowest BCUT2D eigenvalue weighted by atomic mass is 10.1. The SMILES string of the molecule is Nc1ncc(-c2cccc(NC(=O)Nc3ccc(C(F)(F)F)cc3)c2)[nH]1. The third kappa shape index (κ3) is 4.12. The van der Waals surface area contributed by atoms with Crippen molar-refractivity contribution in [2.24, 2.45) is 0 Å². The zero-order chi connectivity index (χ0) is 18.7. The molecule has 3 rings (SSSR count). The first-order valence-corrected chi connectivity index (χ1v) is 7.47. The van der Waals surface area contributed by atoms with Crippen molar-refractivity contribution in [3.8, 4) is 11.3 Å². The van der Waals surface area contributed by atoms with E-state index in [2.05, 4.69) is 20.6 Å². The molecule has 26 heavy (non-hydrogen) atoms. The fraction of sp³-hybridized carbons (Fsp3) is 0.0588. The Morgan fingerprint density at radius 1 is 1.04 bits per heavy atom. The molecule has 0 atom stereocenters. The van der Waals surface area contributed by atoms with E-state index in [0.29, 0.717) is 11.4 Å². The smallest absolute Gasteiger partial charge is 0.369 e. The molecule has 0 unspecified atom stereocenters. The van der Waals surface area contributed by atoms with E-state index in [9.17, 15) is 18.0 Å². The van der Waals surface area contributed by atoms with Crippen LogP contribution in [0, 0.1) is 0 Å². The second kappa shape index (κ2) is 6.79. The lowest BCUT2D eigenvalue weighted by Crippen LogP contribution is -2.19. The van der Waals surface area contributed by atoms with Crippen LogP contribution in [0.5, 0.6) is 0 Å². The van der Waals surface area contributed by atoms with Gasteiger partial charge in [-0.25, -0.2) is 9.78 Å². The van der Waals surface area contributed by atoms with Gasteiger partial charge in [0.15, 0.2) is 5.95 Å². The molecule has 0 aliphatic heterocycles. The van der Waals surface area contributed by atoms with Gasteiger partial charge in [-0.3, -0.25) is 0 Å². The minimum atomic E-state index is -4.42. The fourth-order valence-corrected chi connectivity index (χ4v) is 2.28. The predicted molar refractivity (Wildman–Crippen MR) is 92.5 cm³/mol. The normalized spacial score (nSPS) is 11.2. The molecule has 0 bridgehead atoms. The van der Waals surface area contributed by atoms with E-state index in [0.717, 1.165) is 17.7 Å². The number of nitrogens with one attached hydrogen (secondary N) is 3. The van der Waals surface area contributed by atoms with E-state index < -0.39 is 17.8 Å². The molecule has 2 amide bonds. The van der Waals surface area contributed by atoms with Crippen LogP contribution in [0.1, 0.15) is 5.56 Å². The van der Waals surface area contributed by atoms with Gasteiger partial charge in [0.05, 0.1) is 17.5 Å². The predicted octanol–water partition coefficient (Wildman–Crippen LogP) is 4.32. The van der Waals surface area contributed by atoms with Crippen LogP contribution < -0.4 is 16.4 Å². The molecule has 0 spiro atoms. The highest BCUT2D eigenvalue weighted by Gasteiger charge is 2.29. The Kier molecular flexibility index (Phi) is 4.53. The van der Waals surface area contributed by atoms with Gasteiger partial charge in [-0.05, 0) is 36.4 Å². The van der Waals surface area contributed by atoms with Crippen molar-refractivity contribution in [2.45, 2.75) is 6.18 Å². The summed E-state index contributed by atoms with van der Waals surface area (Å²) in [6.45, 7) is 0. The van der Waals surface area contributed by atoms with Crippen LogP contribution in [-0.2, 0) is 6.18 Å². The average molecular weight is 361 g/mol. The number of anilines is 3. The molecule has 0 radical (unpaired) electrons. The van der Waals surface area contributed by atoms with E-state index >= 15 is 0 Å². The summed E-state index contributed by atoms with van der Waals surface area (Å²) in [4.78, 5) is 18.8. The number of aromatic amines is 1. The largest absolute Gasteiger partial charge is 0.416 e. The fourth-order valence-electron chi connectivity index (χ4n) is 2.28. The number of aromatic nitrogens is 2. The second-order valence-electron chi connectivity index (χ2n) is 5.42. The maximum absolute atomic E-state index is 12.5. The van der Waals surface area contributed by atoms with Gasteiger partial charge < -0.3 is 21.4 Å². The van der Waals surface area contributed by atoms with Gasteiger partial charge in [-0.1, -0.05) is 12.1 Å². The van der Waals surface area contributed by atoms with Crippen molar-refractivity contribution in [3.63, 3.8) is 0 Å². The average Bonchev–Trinajstić information content (AvgIpc) is 3.01. The van der Waals surface area contributed by atoms with Crippen LogP contribution in [0.3, 0.4) is 0 Å². The van der Waals surface area contributed by atoms with Crippen LogP contribution in [-0.4, -0.2) is 16.0 Å². The number of hydrogen-bond acceptors (Lipinski definition) is 3. The van der Waals surface area contributed by atoms with E-state index in [1.54, 1.807) is 24.4 Å². The first kappa shape index (κ1) is 17.3. The van der Waals surface area contributed by atoms with Gasteiger partial charge in [0.1, 0.15) is 0 Å². The van der Waals surface area contributed by atoms with Crippen LogP contribution in [0.4, 0.5) is 35.3 Å². The molecule has 0 aliphatic rings. The lowest BCUT2D eigenvalue weighted by molar-refractivity contribution is -0.137. The first-order chi connectivity index (χ1) is 12.3. The molecule has 9 heteroatoms. The molecule has 6 nitrogen and oxygen atoms in total. The number of carbonyl (C=O) groups excluding carboxylic acids is 1. The number of imidazole rings is 1. The highest BCUT2D eigenvalue weighted by molar-refractivity contribution is 6.00. The maximum Gasteiger partial charge on any atom is 0.416 e. The molecule has 0 saturated heterocycles. The van der Waals surface area contributed by atoms with Crippen LogP contribution >= 0.6 is 0 Å². The molecule has 0 fully saturated rings. The number of rotatable bonds is 3. The summed E-state index contributed by atoms with van der Waals surface area (Å²) >= 11 is 0. The molecule has 2 aromatic carbocycles. The molecule has 1 aromatic heterocycles. The lowest BCUT2D eigenvalue weighted by Gasteiger charge is -2.10. The summed E-state index contributed by atoms with van der Waals surface area (Å²) in [5.74, 6) is 0.276. The van der Waals surface area contributed by atoms with Crippen molar-refractivity contribution < 1.29 is 18.0 Å². The summed E-state index contributed by atoms with van der Waals surface area (Å²) in [5, 5.41) is 5.09. The summed E-state index contributed by atoms with van der Waals surface area (Å²) in [7, 11) is 0. The summed E-state index contributed by atoms with van der Waals surface area (Å²) in [6, 6.07) is 10.5. The number of urea groups is 1. The standard InChI is InChI=1S/C17H14F3N5O/c18-17(19,20)11-4-6-12(7-5-11)23-16(26)24-13-3-1-2-10(8-13)14-9-22-15(21)25-14/h1-9H,(H3,21,22,25)(H2,23,24,26). The second-order valence-corrected chi connectivity index (χ2v) is 5.42. The van der Waals surface area contributed by atoms with Gasteiger partial charge in [0, 0.05) is 16.9 Å². The van der Waals surface area contributed by atoms with E-state index in [1.807, 2.05) is 6.07 Å². The van der Waals surface area contributed by atoms with Crippen LogP contribution in [0.15, 0.2) is 54.7 Å². The van der Waals surface area contributed by atoms with Crippen molar-refractivity contribution in [3.05, 3.63) is 60.3 Å². The molecular weight excluding hydrogens is 347 g/mol. The van der Waals surface area contributed by atoms with Gasteiger partial charge in [-0.2, -0.15) is 13.2 Å². The highest BCUT2D eigenvalue weighted by atomic mass is 19.4. The number of nitrogens with two attached hydrogens (primary N) is 1. The Hall–Kier alpha value is -3.49. The van der Waals surface area contributed by atoms with Gasteiger partial charge in [0.2, 0.25) is 0 Å². The van der Waals surface area contributed by atoms with Crippen molar-refractivity contribution >= 4 is 23.4 Å². The minimum Gasteiger partial charge on any atom is -0.369 e. The van der Waals surface area contributed by atoms with Gasteiger partial charge in [-0.15, -0.1) is 0 Å². The number of carbonyl (C=O) groups is 1. The Labute approximate surface area is 146 Å². The number of H-pyrrole nitrogens is 1. The Bertz CT molecular complexity index is 919. The Morgan fingerprint density at radius 2 is 1.73 bits per heavy atom. The van der Waals surface area contributed by atoms with Crippen molar-refractivity contribution in [1.82, 2.24) is 9.97 Å². The Balaban J connectivity index is 1.67. The zero-order valence-electron chi connectivity index (χ0n) is 13.3.